The zero-order valence-electron chi connectivity index (χ0n) is 7.38. The first-order valence-electron chi connectivity index (χ1n) is 4.39. The van der Waals surface area contributed by atoms with E-state index in [9.17, 15) is 5.11 Å². The summed E-state index contributed by atoms with van der Waals surface area (Å²) in [6.45, 7) is 3.81. The number of fused-ring (bicyclic) bond motifs is 1. The Hall–Kier alpha value is -1.44. The Labute approximate surface area is 77.2 Å². The molecule has 0 fully saturated rings. The highest BCUT2D eigenvalue weighted by Gasteiger charge is 2.02. The molecule has 0 saturated carbocycles. The minimum absolute atomic E-state index is 0.317. The molecule has 2 nitrogen and oxygen atoms in total. The number of hydrogen-bond donors (Lipinski definition) is 2. The maximum Gasteiger partial charge on any atom is 0.116 e. The van der Waals surface area contributed by atoms with E-state index < -0.39 is 0 Å². The van der Waals surface area contributed by atoms with Gasteiger partial charge in [-0.15, -0.1) is 0 Å². The number of aryl methyl sites for hydroxylation is 1. The van der Waals surface area contributed by atoms with E-state index >= 15 is 0 Å². The first-order valence-corrected chi connectivity index (χ1v) is 4.39. The van der Waals surface area contributed by atoms with Crippen molar-refractivity contribution in [2.24, 2.45) is 0 Å². The van der Waals surface area contributed by atoms with E-state index in [1.54, 1.807) is 12.1 Å². The summed E-state index contributed by atoms with van der Waals surface area (Å²) >= 11 is 0. The second-order valence-corrected chi connectivity index (χ2v) is 3.15. The summed E-state index contributed by atoms with van der Waals surface area (Å²) < 4.78 is 0. The molecule has 0 amide bonds. The first-order chi connectivity index (χ1) is 6.31. The van der Waals surface area contributed by atoms with Crippen molar-refractivity contribution in [3.8, 4) is 5.75 Å². The first kappa shape index (κ1) is 8.17. The standard InChI is InChI=1S/C11H12NO/c1-2-3-8-7-12-11-5-4-9(13)6-10(8)11/h4-7,12-13H,1-3H2. The third-order valence-electron chi connectivity index (χ3n) is 2.20. The lowest BCUT2D eigenvalue weighted by atomic mass is 10.1. The van der Waals surface area contributed by atoms with E-state index in [4.69, 9.17) is 0 Å². The van der Waals surface area contributed by atoms with Crippen molar-refractivity contribution in [1.82, 2.24) is 4.98 Å². The fourth-order valence-corrected chi connectivity index (χ4v) is 1.56. The molecule has 1 aromatic carbocycles. The zero-order valence-corrected chi connectivity index (χ0v) is 7.38. The second kappa shape index (κ2) is 3.13. The van der Waals surface area contributed by atoms with Gasteiger partial charge in [-0.25, -0.2) is 0 Å². The molecule has 2 heteroatoms. The molecule has 2 N–H and O–H groups in total. The van der Waals surface area contributed by atoms with Gasteiger partial charge in [-0.2, -0.15) is 0 Å². The van der Waals surface area contributed by atoms with E-state index in [0.717, 1.165) is 23.7 Å². The molecule has 0 unspecified atom stereocenters. The van der Waals surface area contributed by atoms with Crippen LogP contribution in [0.25, 0.3) is 10.9 Å². The van der Waals surface area contributed by atoms with Gasteiger partial charge in [-0.05, 0) is 36.6 Å². The summed E-state index contributed by atoms with van der Waals surface area (Å²) in [6.07, 6.45) is 3.81. The van der Waals surface area contributed by atoms with E-state index in [0.29, 0.717) is 5.75 Å². The van der Waals surface area contributed by atoms with Gasteiger partial charge >= 0.3 is 0 Å². The lowest BCUT2D eigenvalue weighted by Gasteiger charge is -1.96. The van der Waals surface area contributed by atoms with Crippen molar-refractivity contribution in [2.75, 3.05) is 0 Å². The summed E-state index contributed by atoms with van der Waals surface area (Å²) in [5.74, 6) is 0.317. The Kier molecular flexibility index (Phi) is 1.97. The van der Waals surface area contributed by atoms with Crippen LogP contribution in [-0.4, -0.2) is 10.1 Å². The number of hydrogen-bond acceptors (Lipinski definition) is 1. The summed E-state index contributed by atoms with van der Waals surface area (Å²) in [7, 11) is 0. The van der Waals surface area contributed by atoms with Gasteiger partial charge in [0.25, 0.3) is 0 Å². The van der Waals surface area contributed by atoms with Crippen molar-refractivity contribution in [1.29, 1.82) is 0 Å². The molecule has 0 aliphatic heterocycles. The van der Waals surface area contributed by atoms with Crippen LogP contribution < -0.4 is 0 Å². The van der Waals surface area contributed by atoms with Crippen LogP contribution in [0.15, 0.2) is 24.4 Å². The minimum atomic E-state index is 0.317. The number of aromatic amines is 1. The van der Waals surface area contributed by atoms with Crippen LogP contribution in [0.2, 0.25) is 0 Å². The molecule has 0 spiro atoms. The van der Waals surface area contributed by atoms with Gasteiger partial charge in [0, 0.05) is 17.1 Å². The zero-order chi connectivity index (χ0) is 9.26. The molecule has 2 aromatic rings. The smallest absolute Gasteiger partial charge is 0.116 e. The molecule has 2 rings (SSSR count). The maximum atomic E-state index is 9.31. The molecule has 0 aliphatic carbocycles. The van der Waals surface area contributed by atoms with Crippen molar-refractivity contribution in [3.05, 3.63) is 36.9 Å². The molecule has 67 valence electrons. The van der Waals surface area contributed by atoms with Crippen LogP contribution in [0, 0.1) is 6.92 Å². The second-order valence-electron chi connectivity index (χ2n) is 3.15. The number of benzene rings is 1. The van der Waals surface area contributed by atoms with Crippen molar-refractivity contribution < 1.29 is 5.11 Å². The van der Waals surface area contributed by atoms with Gasteiger partial charge in [0.1, 0.15) is 5.75 Å². The Balaban J connectivity index is 2.58. The fraction of sp³-hybridized carbons (Fsp3) is 0.182. The lowest BCUT2D eigenvalue weighted by molar-refractivity contribution is 0.476. The Morgan fingerprint density at radius 3 is 3.00 bits per heavy atom. The van der Waals surface area contributed by atoms with Crippen LogP contribution in [0.5, 0.6) is 5.75 Å². The Bertz CT molecular complexity index is 417. The van der Waals surface area contributed by atoms with Crippen molar-refractivity contribution >= 4 is 10.9 Å². The summed E-state index contributed by atoms with van der Waals surface area (Å²) in [6, 6.07) is 5.36. The number of nitrogens with one attached hydrogen (secondary N) is 1. The molecule has 13 heavy (non-hydrogen) atoms. The molecule has 0 saturated heterocycles. The topological polar surface area (TPSA) is 36.0 Å². The molecule has 1 aromatic heterocycles. The van der Waals surface area contributed by atoms with Crippen LogP contribution in [0.1, 0.15) is 12.0 Å². The highest BCUT2D eigenvalue weighted by Crippen LogP contribution is 2.23. The van der Waals surface area contributed by atoms with Gasteiger partial charge in [0.2, 0.25) is 0 Å². The van der Waals surface area contributed by atoms with Gasteiger partial charge in [-0.3, -0.25) is 0 Å². The number of aromatic hydroxyl groups is 1. The lowest BCUT2D eigenvalue weighted by Crippen LogP contribution is -1.78. The molecule has 0 atom stereocenters. The average molecular weight is 174 g/mol. The van der Waals surface area contributed by atoms with Gasteiger partial charge in [0.15, 0.2) is 0 Å². The van der Waals surface area contributed by atoms with Gasteiger partial charge in [-0.1, -0.05) is 6.92 Å². The SMILES string of the molecule is [CH2]CCc1c[nH]c2ccc(O)cc12. The van der Waals surface area contributed by atoms with E-state index in [-0.39, 0.29) is 0 Å². The predicted octanol–water partition coefficient (Wildman–Crippen LogP) is 2.64. The quantitative estimate of drug-likeness (QED) is 0.721. The average Bonchev–Trinajstić information content (AvgIpc) is 2.49. The van der Waals surface area contributed by atoms with Gasteiger partial charge in [0.05, 0.1) is 0 Å². The largest absolute Gasteiger partial charge is 0.508 e. The third kappa shape index (κ3) is 1.39. The van der Waals surface area contributed by atoms with Crippen LogP contribution in [0.4, 0.5) is 0 Å². The molecular weight excluding hydrogens is 162 g/mol. The summed E-state index contributed by atoms with van der Waals surface area (Å²) in [5.41, 5.74) is 2.29. The number of phenolic OH excluding ortho intramolecular Hbond substituents is 1. The highest BCUT2D eigenvalue weighted by atomic mass is 16.3. The number of phenols is 1. The van der Waals surface area contributed by atoms with Crippen molar-refractivity contribution in [2.45, 2.75) is 12.8 Å². The fourth-order valence-electron chi connectivity index (χ4n) is 1.56. The summed E-state index contributed by atoms with van der Waals surface area (Å²) in [5, 5.41) is 10.4. The van der Waals surface area contributed by atoms with Crippen molar-refractivity contribution in [3.63, 3.8) is 0 Å². The number of H-pyrrole nitrogens is 1. The van der Waals surface area contributed by atoms with E-state index in [1.165, 1.54) is 5.56 Å². The number of aromatic nitrogens is 1. The van der Waals surface area contributed by atoms with Crippen LogP contribution >= 0.6 is 0 Å². The molecular formula is C11H12NO. The molecule has 1 radical (unpaired) electrons. The minimum Gasteiger partial charge on any atom is -0.508 e. The highest BCUT2D eigenvalue weighted by molar-refractivity contribution is 5.84. The van der Waals surface area contributed by atoms with Crippen LogP contribution in [-0.2, 0) is 6.42 Å². The summed E-state index contributed by atoms with van der Waals surface area (Å²) in [4.78, 5) is 3.16. The Morgan fingerprint density at radius 2 is 2.23 bits per heavy atom. The molecule has 0 aliphatic rings. The molecule has 1 heterocycles. The third-order valence-corrected chi connectivity index (χ3v) is 2.20. The molecule has 0 bridgehead atoms. The van der Waals surface area contributed by atoms with E-state index in [1.807, 2.05) is 12.3 Å². The Morgan fingerprint density at radius 1 is 1.38 bits per heavy atom. The van der Waals surface area contributed by atoms with Crippen LogP contribution in [0.3, 0.4) is 0 Å². The predicted molar refractivity (Wildman–Crippen MR) is 53.6 cm³/mol. The maximum absolute atomic E-state index is 9.31. The van der Waals surface area contributed by atoms with Gasteiger partial charge < -0.3 is 10.1 Å². The van der Waals surface area contributed by atoms with E-state index in [2.05, 4.69) is 11.9 Å². The monoisotopic (exact) mass is 174 g/mol. The normalized spacial score (nSPS) is 10.8. The number of rotatable bonds is 2.